The molecule has 0 fully saturated rings. The van der Waals surface area contributed by atoms with Crippen molar-refractivity contribution in [3.05, 3.63) is 77.9 Å². The zero-order valence-corrected chi connectivity index (χ0v) is 16.4. The number of benzene rings is 2. The zero-order valence-electron chi connectivity index (χ0n) is 16.4. The summed E-state index contributed by atoms with van der Waals surface area (Å²) in [6.07, 6.45) is 9.08. The Hall–Kier alpha value is -3.87. The fraction of sp³-hybridized carbons (Fsp3) is 0.174. The number of nitrogen functional groups attached to an aromatic ring is 1. The van der Waals surface area contributed by atoms with Crippen molar-refractivity contribution in [3.8, 4) is 0 Å². The van der Waals surface area contributed by atoms with Gasteiger partial charge < -0.3 is 21.5 Å². The van der Waals surface area contributed by atoms with Crippen molar-refractivity contribution >= 4 is 35.7 Å². The largest absolute Gasteiger partial charge is 0.465 e. The van der Waals surface area contributed by atoms with E-state index in [9.17, 15) is 9.59 Å². The molecule has 3 rings (SSSR count). The van der Waals surface area contributed by atoms with Gasteiger partial charge in [0.2, 0.25) is 0 Å². The highest BCUT2D eigenvalue weighted by Crippen LogP contribution is 2.27. The molecule has 0 aromatic heterocycles. The highest BCUT2D eigenvalue weighted by molar-refractivity contribution is 6.05. The summed E-state index contributed by atoms with van der Waals surface area (Å²) in [6, 6.07) is 14.3. The fourth-order valence-corrected chi connectivity index (χ4v) is 3.15. The van der Waals surface area contributed by atoms with Gasteiger partial charge in [0.05, 0.1) is 11.4 Å². The van der Waals surface area contributed by atoms with Gasteiger partial charge in [-0.2, -0.15) is 0 Å². The highest BCUT2D eigenvalue weighted by Gasteiger charge is 2.27. The number of amides is 2. The van der Waals surface area contributed by atoms with E-state index in [0.717, 1.165) is 5.56 Å². The number of allylic oxidation sites excluding steroid dienone is 2. The fourth-order valence-electron chi connectivity index (χ4n) is 3.15. The molecule has 0 radical (unpaired) electrons. The lowest BCUT2D eigenvalue weighted by atomic mass is 9.82. The molecule has 2 amide bonds. The topological polar surface area (TPSA) is 117 Å². The molecule has 30 heavy (non-hydrogen) atoms. The Bertz CT molecular complexity index is 996. The van der Waals surface area contributed by atoms with Gasteiger partial charge in [0, 0.05) is 30.3 Å². The van der Waals surface area contributed by atoms with Gasteiger partial charge in [-0.1, -0.05) is 42.5 Å². The molecule has 1 unspecified atom stereocenters. The third-order valence-electron chi connectivity index (χ3n) is 4.86. The maximum atomic E-state index is 12.4. The van der Waals surface area contributed by atoms with Crippen LogP contribution in [0.4, 0.5) is 16.2 Å². The monoisotopic (exact) mass is 404 g/mol. The smallest absolute Gasteiger partial charge is 0.404 e. The quantitative estimate of drug-likeness (QED) is 0.525. The number of carbonyl (C=O) groups is 2. The molecule has 2 aromatic carbocycles. The molecule has 5 N–H and O–H groups in total. The summed E-state index contributed by atoms with van der Waals surface area (Å²) in [5.74, 6) is -0.229. The van der Waals surface area contributed by atoms with Crippen LogP contribution in [0.5, 0.6) is 0 Å². The third-order valence-corrected chi connectivity index (χ3v) is 4.86. The molecule has 1 atom stereocenters. The minimum atomic E-state index is -1.05. The summed E-state index contributed by atoms with van der Waals surface area (Å²) < 4.78 is 0. The first-order chi connectivity index (χ1) is 14.5. The predicted molar refractivity (Wildman–Crippen MR) is 120 cm³/mol. The molecule has 154 valence electrons. The Morgan fingerprint density at radius 1 is 1.17 bits per heavy atom. The number of anilines is 2. The van der Waals surface area contributed by atoms with Gasteiger partial charge in [-0.15, -0.1) is 0 Å². The van der Waals surface area contributed by atoms with Crippen molar-refractivity contribution in [2.75, 3.05) is 24.1 Å². The maximum absolute atomic E-state index is 12.4. The normalized spacial score (nSPS) is 17.7. The van der Waals surface area contributed by atoms with E-state index in [4.69, 9.17) is 10.8 Å². The van der Waals surface area contributed by atoms with Crippen LogP contribution in [0.2, 0.25) is 0 Å². The van der Waals surface area contributed by atoms with Crippen molar-refractivity contribution in [3.63, 3.8) is 0 Å². The SMILES string of the molecule is Nc1ccccc1NC(=O)c1ccc(C=CCC2(CNC(=O)O)C=CC=NC2)cc1. The number of carboxylic acid groups (broad SMARTS) is 1. The van der Waals surface area contributed by atoms with Crippen molar-refractivity contribution in [2.24, 2.45) is 10.4 Å². The lowest BCUT2D eigenvalue weighted by Gasteiger charge is -2.29. The minimum absolute atomic E-state index is 0.229. The van der Waals surface area contributed by atoms with Gasteiger partial charge in [0.25, 0.3) is 5.91 Å². The van der Waals surface area contributed by atoms with Crippen LogP contribution in [-0.2, 0) is 0 Å². The Morgan fingerprint density at radius 2 is 1.93 bits per heavy atom. The number of hydrogen-bond donors (Lipinski definition) is 4. The number of carbonyl (C=O) groups excluding carboxylic acids is 1. The molecular weight excluding hydrogens is 380 g/mol. The second-order valence-electron chi connectivity index (χ2n) is 7.14. The molecule has 0 saturated carbocycles. The first-order valence-corrected chi connectivity index (χ1v) is 9.54. The van der Waals surface area contributed by atoms with Crippen LogP contribution < -0.4 is 16.4 Å². The van der Waals surface area contributed by atoms with Gasteiger partial charge in [0.15, 0.2) is 0 Å². The number of aliphatic imine (C=N–C) groups is 1. The van der Waals surface area contributed by atoms with Crippen LogP contribution in [-0.4, -0.2) is 36.4 Å². The first-order valence-electron chi connectivity index (χ1n) is 9.54. The summed E-state index contributed by atoms with van der Waals surface area (Å²) in [4.78, 5) is 27.5. The Kier molecular flexibility index (Phi) is 6.64. The second kappa shape index (κ2) is 9.56. The van der Waals surface area contributed by atoms with E-state index in [1.54, 1.807) is 30.5 Å². The summed E-state index contributed by atoms with van der Waals surface area (Å²) in [7, 11) is 0. The number of nitrogens with zero attached hydrogens (tertiary/aromatic N) is 1. The van der Waals surface area contributed by atoms with E-state index in [2.05, 4.69) is 15.6 Å². The molecule has 1 heterocycles. The standard InChI is InChI=1S/C23H24N4O3/c24-19-6-1-2-7-20(19)27-21(28)18-10-8-17(9-11-18)5-3-12-23(16-26-22(29)30)13-4-14-25-15-23/h1-11,13-14,26H,12,15-16,24H2,(H,27,28)(H,29,30). The highest BCUT2D eigenvalue weighted by atomic mass is 16.4. The van der Waals surface area contributed by atoms with Crippen LogP contribution >= 0.6 is 0 Å². The number of hydrogen-bond acceptors (Lipinski definition) is 4. The lowest BCUT2D eigenvalue weighted by molar-refractivity contribution is 0.102. The average Bonchev–Trinajstić information content (AvgIpc) is 2.75. The van der Waals surface area contributed by atoms with E-state index < -0.39 is 6.09 Å². The van der Waals surface area contributed by atoms with Crippen molar-refractivity contribution in [1.29, 1.82) is 0 Å². The van der Waals surface area contributed by atoms with Crippen LogP contribution in [0.3, 0.4) is 0 Å². The number of dihydropyridines is 1. The summed E-state index contributed by atoms with van der Waals surface area (Å²) in [5, 5.41) is 14.2. The van der Waals surface area contributed by atoms with E-state index >= 15 is 0 Å². The van der Waals surface area contributed by atoms with Crippen LogP contribution in [0.25, 0.3) is 6.08 Å². The number of nitrogens with two attached hydrogens (primary N) is 1. The lowest BCUT2D eigenvalue weighted by Crippen LogP contribution is -2.38. The van der Waals surface area contributed by atoms with Gasteiger partial charge in [-0.05, 0) is 42.3 Å². The van der Waals surface area contributed by atoms with Crippen LogP contribution in [0.1, 0.15) is 22.3 Å². The number of rotatable bonds is 7. The molecule has 1 aliphatic heterocycles. The van der Waals surface area contributed by atoms with Gasteiger partial charge in [-0.3, -0.25) is 9.79 Å². The van der Waals surface area contributed by atoms with Crippen molar-refractivity contribution in [2.45, 2.75) is 6.42 Å². The Labute approximate surface area is 175 Å². The van der Waals surface area contributed by atoms with E-state index in [1.807, 2.05) is 48.6 Å². The van der Waals surface area contributed by atoms with E-state index in [-0.39, 0.29) is 11.3 Å². The first kappa shape index (κ1) is 20.9. The second-order valence-corrected chi connectivity index (χ2v) is 7.14. The zero-order chi connectivity index (χ0) is 21.4. The van der Waals surface area contributed by atoms with Gasteiger partial charge in [-0.25, -0.2) is 4.79 Å². The van der Waals surface area contributed by atoms with E-state index in [1.165, 1.54) is 0 Å². The molecule has 2 aromatic rings. The molecule has 0 bridgehead atoms. The number of nitrogens with one attached hydrogen (secondary N) is 2. The number of para-hydroxylation sites is 2. The Balaban J connectivity index is 1.61. The summed E-state index contributed by atoms with van der Waals surface area (Å²) in [5.41, 5.74) is 8.05. The average molecular weight is 404 g/mol. The van der Waals surface area contributed by atoms with Crippen LogP contribution in [0, 0.1) is 5.41 Å². The maximum Gasteiger partial charge on any atom is 0.404 e. The molecule has 7 heteroatoms. The predicted octanol–water partition coefficient (Wildman–Crippen LogP) is 3.82. The van der Waals surface area contributed by atoms with Crippen molar-refractivity contribution < 1.29 is 14.7 Å². The van der Waals surface area contributed by atoms with Crippen LogP contribution in [0.15, 0.2) is 71.8 Å². The third kappa shape index (κ3) is 5.57. The Morgan fingerprint density at radius 3 is 2.60 bits per heavy atom. The summed E-state index contributed by atoms with van der Waals surface area (Å²) in [6.45, 7) is 0.818. The molecule has 0 aliphatic carbocycles. The molecule has 7 nitrogen and oxygen atoms in total. The molecular formula is C23H24N4O3. The van der Waals surface area contributed by atoms with Gasteiger partial charge >= 0.3 is 6.09 Å². The van der Waals surface area contributed by atoms with Gasteiger partial charge in [0.1, 0.15) is 0 Å². The van der Waals surface area contributed by atoms with Crippen molar-refractivity contribution in [1.82, 2.24) is 5.32 Å². The molecule has 1 aliphatic rings. The summed E-state index contributed by atoms with van der Waals surface area (Å²) >= 11 is 0. The molecule has 0 spiro atoms. The minimum Gasteiger partial charge on any atom is -0.465 e. The van der Waals surface area contributed by atoms with E-state index in [0.29, 0.717) is 36.4 Å². The molecule has 0 saturated heterocycles.